The molecule has 0 unspecified atom stereocenters. The predicted molar refractivity (Wildman–Crippen MR) is 109 cm³/mol. The first-order valence-corrected chi connectivity index (χ1v) is 10.9. The molecule has 6 nitrogen and oxygen atoms in total. The first-order valence-electron chi connectivity index (χ1n) is 10.9. The zero-order valence-corrected chi connectivity index (χ0v) is 16.7. The number of urea groups is 2. The number of nitrogens with one attached hydrogen (secondary N) is 1. The molecule has 3 fully saturated rings. The summed E-state index contributed by atoms with van der Waals surface area (Å²) in [6, 6.07) is 11.0. The highest BCUT2D eigenvalue weighted by molar-refractivity contribution is 5.77. The van der Waals surface area contributed by atoms with E-state index < -0.39 is 0 Å². The van der Waals surface area contributed by atoms with Gasteiger partial charge in [-0.25, -0.2) is 9.59 Å². The number of hydrogen-bond donors (Lipinski definition) is 1. The third-order valence-electron chi connectivity index (χ3n) is 6.47. The molecule has 0 bridgehead atoms. The standard InChI is InChI=1S/C22H32N4O2/c27-21(23-19-9-5-2-6-10-19)24-13-11-20(12-14-24)26-16-15-25(22(26)28)17-18-7-3-1-4-8-18/h1,3-4,7-8,19-20H,2,5-6,9-17H2,(H,23,27). The van der Waals surface area contributed by atoms with E-state index in [9.17, 15) is 9.59 Å². The van der Waals surface area contributed by atoms with Crippen molar-refractivity contribution in [3.8, 4) is 0 Å². The molecule has 0 atom stereocenters. The van der Waals surface area contributed by atoms with Gasteiger partial charge < -0.3 is 20.0 Å². The highest BCUT2D eigenvalue weighted by Crippen LogP contribution is 2.23. The highest BCUT2D eigenvalue weighted by Gasteiger charge is 2.36. The Hall–Kier alpha value is -2.24. The Morgan fingerprint density at radius 3 is 2.36 bits per heavy atom. The molecule has 6 heteroatoms. The summed E-state index contributed by atoms with van der Waals surface area (Å²) in [4.78, 5) is 31.3. The first-order chi connectivity index (χ1) is 13.7. The van der Waals surface area contributed by atoms with Crippen LogP contribution < -0.4 is 5.32 Å². The minimum absolute atomic E-state index is 0.0869. The van der Waals surface area contributed by atoms with Crippen LogP contribution in [0, 0.1) is 0 Å². The van der Waals surface area contributed by atoms with Crippen molar-refractivity contribution in [1.29, 1.82) is 0 Å². The maximum absolute atomic E-state index is 12.8. The number of rotatable bonds is 4. The van der Waals surface area contributed by atoms with E-state index in [1.54, 1.807) is 0 Å². The van der Waals surface area contributed by atoms with Crippen LogP contribution in [0.1, 0.15) is 50.5 Å². The molecule has 4 amide bonds. The second-order valence-corrected chi connectivity index (χ2v) is 8.39. The van der Waals surface area contributed by atoms with Crippen molar-refractivity contribution in [1.82, 2.24) is 20.0 Å². The summed E-state index contributed by atoms with van der Waals surface area (Å²) < 4.78 is 0. The van der Waals surface area contributed by atoms with Gasteiger partial charge in [0.2, 0.25) is 0 Å². The normalized spacial score (nSPS) is 22.0. The zero-order valence-electron chi connectivity index (χ0n) is 16.7. The fourth-order valence-corrected chi connectivity index (χ4v) is 4.78. The SMILES string of the molecule is O=C(NC1CCCCC1)N1CCC(N2CCN(Cc3ccccc3)C2=O)CC1. The number of hydrogen-bond acceptors (Lipinski definition) is 2. The Labute approximate surface area is 167 Å². The van der Waals surface area contributed by atoms with Gasteiger partial charge in [0.25, 0.3) is 0 Å². The van der Waals surface area contributed by atoms with E-state index in [0.29, 0.717) is 12.6 Å². The van der Waals surface area contributed by atoms with Gasteiger partial charge in [0.05, 0.1) is 0 Å². The lowest BCUT2D eigenvalue weighted by Crippen LogP contribution is -2.52. The summed E-state index contributed by atoms with van der Waals surface area (Å²) in [7, 11) is 0. The molecular formula is C22H32N4O2. The van der Waals surface area contributed by atoms with E-state index in [-0.39, 0.29) is 18.1 Å². The lowest BCUT2D eigenvalue weighted by molar-refractivity contribution is 0.132. The van der Waals surface area contributed by atoms with Gasteiger partial charge in [0.1, 0.15) is 0 Å². The van der Waals surface area contributed by atoms with Gasteiger partial charge in [-0.1, -0.05) is 49.6 Å². The Morgan fingerprint density at radius 2 is 1.64 bits per heavy atom. The van der Waals surface area contributed by atoms with Crippen molar-refractivity contribution in [2.75, 3.05) is 26.2 Å². The number of nitrogens with zero attached hydrogens (tertiary/aromatic N) is 3. The molecule has 1 aromatic carbocycles. The van der Waals surface area contributed by atoms with Gasteiger partial charge >= 0.3 is 12.1 Å². The van der Waals surface area contributed by atoms with Crippen LogP contribution in [0.15, 0.2) is 30.3 Å². The van der Waals surface area contributed by atoms with E-state index in [4.69, 9.17) is 0 Å². The molecule has 1 aromatic rings. The smallest absolute Gasteiger partial charge is 0.320 e. The molecule has 2 heterocycles. The van der Waals surface area contributed by atoms with Crippen LogP contribution in [0.3, 0.4) is 0 Å². The largest absolute Gasteiger partial charge is 0.335 e. The minimum atomic E-state index is 0.0869. The number of carbonyl (C=O) groups excluding carboxylic acids is 2. The van der Waals surface area contributed by atoms with E-state index in [1.807, 2.05) is 32.9 Å². The van der Waals surface area contributed by atoms with Crippen molar-refractivity contribution < 1.29 is 9.59 Å². The number of carbonyl (C=O) groups is 2. The first kappa shape index (κ1) is 19.1. The summed E-state index contributed by atoms with van der Waals surface area (Å²) in [5, 5.41) is 3.21. The molecule has 3 aliphatic rings. The second-order valence-electron chi connectivity index (χ2n) is 8.39. The summed E-state index contributed by atoms with van der Waals surface area (Å²) in [6.45, 7) is 3.75. The van der Waals surface area contributed by atoms with Gasteiger partial charge in [-0.05, 0) is 31.2 Å². The molecule has 1 aliphatic carbocycles. The van der Waals surface area contributed by atoms with Crippen molar-refractivity contribution in [3.05, 3.63) is 35.9 Å². The van der Waals surface area contributed by atoms with Crippen LogP contribution in [0.4, 0.5) is 9.59 Å². The van der Waals surface area contributed by atoms with Crippen LogP contribution in [-0.2, 0) is 6.54 Å². The molecule has 152 valence electrons. The average Bonchev–Trinajstić information content (AvgIpc) is 3.10. The maximum Gasteiger partial charge on any atom is 0.320 e. The van der Waals surface area contributed by atoms with Gasteiger partial charge in [-0.2, -0.15) is 0 Å². The number of benzene rings is 1. The Kier molecular flexibility index (Phi) is 6.03. The fourth-order valence-electron chi connectivity index (χ4n) is 4.78. The van der Waals surface area contributed by atoms with Gasteiger partial charge in [0, 0.05) is 44.8 Å². The number of likely N-dealkylation sites (tertiary alicyclic amines) is 1. The molecule has 4 rings (SSSR count). The topological polar surface area (TPSA) is 55.9 Å². The van der Waals surface area contributed by atoms with Crippen LogP contribution in [0.25, 0.3) is 0 Å². The molecule has 0 aromatic heterocycles. The van der Waals surface area contributed by atoms with Crippen LogP contribution in [-0.4, -0.2) is 65.0 Å². The predicted octanol–water partition coefficient (Wildman–Crippen LogP) is 3.43. The molecule has 1 saturated carbocycles. The summed E-state index contributed by atoms with van der Waals surface area (Å²) >= 11 is 0. The summed E-state index contributed by atoms with van der Waals surface area (Å²) in [5.74, 6) is 0. The Morgan fingerprint density at radius 1 is 0.929 bits per heavy atom. The Balaban J connectivity index is 1.24. The van der Waals surface area contributed by atoms with Crippen LogP contribution >= 0.6 is 0 Å². The quantitative estimate of drug-likeness (QED) is 0.865. The van der Waals surface area contributed by atoms with E-state index >= 15 is 0 Å². The van der Waals surface area contributed by atoms with Crippen molar-refractivity contribution in [2.45, 2.75) is 63.6 Å². The van der Waals surface area contributed by atoms with E-state index in [2.05, 4.69) is 17.4 Å². The Bertz CT molecular complexity index is 666. The van der Waals surface area contributed by atoms with Crippen molar-refractivity contribution in [3.63, 3.8) is 0 Å². The molecule has 2 saturated heterocycles. The zero-order chi connectivity index (χ0) is 19.3. The summed E-state index contributed by atoms with van der Waals surface area (Å²) in [6.07, 6.45) is 7.73. The van der Waals surface area contributed by atoms with Gasteiger partial charge in [-0.15, -0.1) is 0 Å². The maximum atomic E-state index is 12.8. The molecule has 0 radical (unpaired) electrons. The second kappa shape index (κ2) is 8.84. The average molecular weight is 385 g/mol. The molecular weight excluding hydrogens is 352 g/mol. The lowest BCUT2D eigenvalue weighted by atomic mass is 9.95. The van der Waals surface area contributed by atoms with Crippen LogP contribution in [0.5, 0.6) is 0 Å². The van der Waals surface area contributed by atoms with Crippen LogP contribution in [0.2, 0.25) is 0 Å². The molecule has 28 heavy (non-hydrogen) atoms. The number of amides is 4. The van der Waals surface area contributed by atoms with E-state index in [0.717, 1.165) is 51.9 Å². The lowest BCUT2D eigenvalue weighted by Gasteiger charge is -2.37. The van der Waals surface area contributed by atoms with Gasteiger partial charge in [0.15, 0.2) is 0 Å². The van der Waals surface area contributed by atoms with Crippen molar-refractivity contribution in [2.24, 2.45) is 0 Å². The summed E-state index contributed by atoms with van der Waals surface area (Å²) in [5.41, 5.74) is 1.17. The third kappa shape index (κ3) is 4.42. The molecule has 0 spiro atoms. The highest BCUT2D eigenvalue weighted by atomic mass is 16.2. The molecule has 2 aliphatic heterocycles. The van der Waals surface area contributed by atoms with Gasteiger partial charge in [-0.3, -0.25) is 0 Å². The molecule has 1 N–H and O–H groups in total. The third-order valence-corrected chi connectivity index (χ3v) is 6.47. The minimum Gasteiger partial charge on any atom is -0.335 e. The monoisotopic (exact) mass is 384 g/mol. The fraction of sp³-hybridized carbons (Fsp3) is 0.636. The van der Waals surface area contributed by atoms with E-state index in [1.165, 1.54) is 24.8 Å². The van der Waals surface area contributed by atoms with Crippen molar-refractivity contribution >= 4 is 12.1 Å². The number of piperidine rings is 1.